The zero-order valence-corrected chi connectivity index (χ0v) is 12.4. The van der Waals surface area contributed by atoms with Gasteiger partial charge in [0, 0.05) is 12.6 Å². The first-order chi connectivity index (χ1) is 9.22. The minimum absolute atomic E-state index is 0.109. The van der Waals surface area contributed by atoms with Crippen LogP contribution < -0.4 is 5.32 Å². The van der Waals surface area contributed by atoms with Crippen molar-refractivity contribution in [2.75, 3.05) is 26.7 Å². The van der Waals surface area contributed by atoms with E-state index in [1.165, 1.54) is 45.6 Å². The Labute approximate surface area is 116 Å². The van der Waals surface area contributed by atoms with E-state index in [1.54, 1.807) is 0 Å². The summed E-state index contributed by atoms with van der Waals surface area (Å²) < 4.78 is 4.91. The molecule has 2 aliphatic rings. The van der Waals surface area contributed by atoms with Crippen LogP contribution in [0.2, 0.25) is 0 Å². The van der Waals surface area contributed by atoms with Crippen molar-refractivity contribution in [1.29, 1.82) is 0 Å². The second-order valence-corrected chi connectivity index (χ2v) is 6.05. The molecule has 1 N–H and O–H groups in total. The van der Waals surface area contributed by atoms with E-state index < -0.39 is 0 Å². The molecule has 1 saturated carbocycles. The number of piperidine rings is 1. The molecule has 1 unspecified atom stereocenters. The Kier molecular flexibility index (Phi) is 5.64. The summed E-state index contributed by atoms with van der Waals surface area (Å²) in [4.78, 5) is 14.2. The van der Waals surface area contributed by atoms with Gasteiger partial charge in [-0.1, -0.05) is 19.8 Å². The third-order valence-corrected chi connectivity index (χ3v) is 4.34. The molecule has 0 radical (unpaired) electrons. The number of hydrogen-bond donors (Lipinski definition) is 1. The molecule has 4 heteroatoms. The quantitative estimate of drug-likeness (QED) is 0.715. The van der Waals surface area contributed by atoms with Crippen molar-refractivity contribution in [3.8, 4) is 0 Å². The third kappa shape index (κ3) is 4.77. The van der Waals surface area contributed by atoms with Gasteiger partial charge in [-0.15, -0.1) is 0 Å². The van der Waals surface area contributed by atoms with Crippen LogP contribution in [0.25, 0.3) is 0 Å². The van der Waals surface area contributed by atoms with E-state index in [4.69, 9.17) is 4.74 Å². The first kappa shape index (κ1) is 14.8. The number of rotatable bonds is 7. The van der Waals surface area contributed by atoms with Crippen molar-refractivity contribution in [2.45, 2.75) is 57.5 Å². The van der Waals surface area contributed by atoms with Crippen LogP contribution in [0.3, 0.4) is 0 Å². The predicted octanol–water partition coefficient (Wildman–Crippen LogP) is 1.79. The lowest BCUT2D eigenvalue weighted by atomic mass is 9.92. The Hall–Kier alpha value is -0.610. The van der Waals surface area contributed by atoms with Crippen molar-refractivity contribution >= 4 is 5.97 Å². The lowest BCUT2D eigenvalue weighted by Gasteiger charge is -2.33. The fraction of sp³-hybridized carbons (Fsp3) is 0.933. The molecule has 0 bridgehead atoms. The zero-order chi connectivity index (χ0) is 13.7. The number of nitrogens with one attached hydrogen (secondary N) is 1. The summed E-state index contributed by atoms with van der Waals surface area (Å²) in [6.45, 7) is 5.33. The molecule has 2 fully saturated rings. The van der Waals surface area contributed by atoms with Crippen molar-refractivity contribution < 1.29 is 9.53 Å². The van der Waals surface area contributed by atoms with Crippen LogP contribution in [0, 0.1) is 5.92 Å². The number of methoxy groups -OCH3 is 1. The number of carbonyl (C=O) groups excluding carboxylic acids is 1. The lowest BCUT2D eigenvalue weighted by Crippen LogP contribution is -2.49. The molecule has 1 aliphatic carbocycles. The third-order valence-electron chi connectivity index (χ3n) is 4.34. The summed E-state index contributed by atoms with van der Waals surface area (Å²) in [6, 6.07) is 0.405. The molecule has 0 aromatic rings. The van der Waals surface area contributed by atoms with Crippen molar-refractivity contribution in [1.82, 2.24) is 10.2 Å². The van der Waals surface area contributed by atoms with Crippen LogP contribution in [0.1, 0.15) is 45.4 Å². The van der Waals surface area contributed by atoms with Gasteiger partial charge in [-0.2, -0.15) is 0 Å². The van der Waals surface area contributed by atoms with E-state index in [-0.39, 0.29) is 12.0 Å². The molecular weight excluding hydrogens is 240 g/mol. The fourth-order valence-electron chi connectivity index (χ4n) is 3.00. The van der Waals surface area contributed by atoms with Gasteiger partial charge in [0.25, 0.3) is 0 Å². The summed E-state index contributed by atoms with van der Waals surface area (Å²) in [5.74, 6) is 0.789. The minimum Gasteiger partial charge on any atom is -0.468 e. The summed E-state index contributed by atoms with van der Waals surface area (Å²) in [6.07, 6.45) is 7.61. The maximum atomic E-state index is 11.8. The molecular formula is C15H28N2O2. The van der Waals surface area contributed by atoms with Crippen LogP contribution in [0.4, 0.5) is 0 Å². The Morgan fingerprint density at radius 1 is 1.32 bits per heavy atom. The van der Waals surface area contributed by atoms with Crippen molar-refractivity contribution in [3.63, 3.8) is 0 Å². The van der Waals surface area contributed by atoms with E-state index in [0.29, 0.717) is 6.04 Å². The summed E-state index contributed by atoms with van der Waals surface area (Å²) in [7, 11) is 1.48. The first-order valence-electron chi connectivity index (χ1n) is 7.79. The maximum Gasteiger partial charge on any atom is 0.324 e. The second kappa shape index (κ2) is 7.25. The van der Waals surface area contributed by atoms with E-state index in [1.807, 2.05) is 0 Å². The van der Waals surface area contributed by atoms with Gasteiger partial charge in [0.2, 0.25) is 0 Å². The van der Waals surface area contributed by atoms with Crippen LogP contribution in [0.5, 0.6) is 0 Å². The van der Waals surface area contributed by atoms with Gasteiger partial charge < -0.3 is 15.0 Å². The van der Waals surface area contributed by atoms with Crippen molar-refractivity contribution in [2.24, 2.45) is 5.92 Å². The number of nitrogens with zero attached hydrogens (tertiary/aromatic N) is 1. The van der Waals surface area contributed by atoms with E-state index in [9.17, 15) is 4.79 Å². The highest BCUT2D eigenvalue weighted by Gasteiger charge is 2.31. The van der Waals surface area contributed by atoms with Crippen LogP contribution >= 0.6 is 0 Å². The molecule has 4 nitrogen and oxygen atoms in total. The van der Waals surface area contributed by atoms with Gasteiger partial charge in [-0.05, 0) is 44.7 Å². The summed E-state index contributed by atoms with van der Waals surface area (Å²) in [5.41, 5.74) is 0. The summed E-state index contributed by atoms with van der Waals surface area (Å²) in [5, 5.41) is 3.41. The Morgan fingerprint density at radius 2 is 2.00 bits per heavy atom. The molecule has 2 rings (SSSR count). The van der Waals surface area contributed by atoms with Gasteiger partial charge in [0.1, 0.15) is 6.04 Å². The lowest BCUT2D eigenvalue weighted by molar-refractivity contribution is -0.143. The molecule has 19 heavy (non-hydrogen) atoms. The normalized spacial score (nSPS) is 23.3. The van der Waals surface area contributed by atoms with E-state index in [2.05, 4.69) is 17.1 Å². The fourth-order valence-corrected chi connectivity index (χ4v) is 3.00. The smallest absolute Gasteiger partial charge is 0.324 e. The van der Waals surface area contributed by atoms with Crippen LogP contribution in [0.15, 0.2) is 0 Å². The standard InChI is InChI=1S/C15H28N2O2/c1-3-4-12-7-9-17(10-8-12)11-14(15(18)19-2)16-13-5-6-13/h12-14,16H,3-11H2,1-2H3. The number of esters is 1. The molecule has 1 heterocycles. The summed E-state index contributed by atoms with van der Waals surface area (Å²) >= 11 is 0. The second-order valence-electron chi connectivity index (χ2n) is 6.05. The molecule has 1 saturated heterocycles. The number of carbonyl (C=O) groups is 1. The average molecular weight is 268 g/mol. The molecule has 1 atom stereocenters. The largest absolute Gasteiger partial charge is 0.468 e. The average Bonchev–Trinajstić information content (AvgIpc) is 3.23. The molecule has 0 aromatic heterocycles. The van der Waals surface area contributed by atoms with Gasteiger partial charge >= 0.3 is 5.97 Å². The van der Waals surface area contributed by atoms with Gasteiger partial charge in [-0.3, -0.25) is 4.79 Å². The molecule has 0 aromatic carbocycles. The zero-order valence-electron chi connectivity index (χ0n) is 12.4. The van der Waals surface area contributed by atoms with Crippen LogP contribution in [-0.4, -0.2) is 49.7 Å². The van der Waals surface area contributed by atoms with E-state index >= 15 is 0 Å². The highest BCUT2D eigenvalue weighted by atomic mass is 16.5. The SMILES string of the molecule is CCCC1CCN(CC(NC2CC2)C(=O)OC)CC1. The minimum atomic E-state index is -0.139. The van der Waals surface area contributed by atoms with E-state index in [0.717, 1.165) is 25.6 Å². The Morgan fingerprint density at radius 3 is 2.53 bits per heavy atom. The predicted molar refractivity (Wildman–Crippen MR) is 76.0 cm³/mol. The number of likely N-dealkylation sites (tertiary alicyclic amines) is 1. The van der Waals surface area contributed by atoms with Crippen LogP contribution in [-0.2, 0) is 9.53 Å². The number of hydrogen-bond acceptors (Lipinski definition) is 4. The van der Waals surface area contributed by atoms with Gasteiger partial charge in [-0.25, -0.2) is 0 Å². The Balaban J connectivity index is 1.75. The topological polar surface area (TPSA) is 41.6 Å². The Bertz CT molecular complexity index is 284. The molecule has 1 aliphatic heterocycles. The first-order valence-corrected chi connectivity index (χ1v) is 7.79. The maximum absolute atomic E-state index is 11.8. The highest BCUT2D eigenvalue weighted by Crippen LogP contribution is 2.23. The highest BCUT2D eigenvalue weighted by molar-refractivity contribution is 5.76. The monoisotopic (exact) mass is 268 g/mol. The van der Waals surface area contributed by atoms with Gasteiger partial charge in [0.05, 0.1) is 7.11 Å². The molecule has 0 amide bonds. The van der Waals surface area contributed by atoms with Gasteiger partial charge in [0.15, 0.2) is 0 Å². The molecule has 0 spiro atoms. The molecule has 110 valence electrons. The van der Waals surface area contributed by atoms with Crippen molar-refractivity contribution in [3.05, 3.63) is 0 Å². The number of ether oxygens (including phenoxy) is 1.